The first-order valence-corrected chi connectivity index (χ1v) is 7.28. The highest BCUT2D eigenvalue weighted by atomic mass is 16.5. The summed E-state index contributed by atoms with van der Waals surface area (Å²) in [5.74, 6) is 0.823. The van der Waals surface area contributed by atoms with Gasteiger partial charge in [-0.05, 0) is 57.5 Å². The monoisotopic (exact) mass is 242 g/mol. The fourth-order valence-corrected chi connectivity index (χ4v) is 2.91. The zero-order valence-electron chi connectivity index (χ0n) is 11.6. The zero-order chi connectivity index (χ0) is 12.5. The summed E-state index contributed by atoms with van der Waals surface area (Å²) in [4.78, 5) is 0. The van der Waals surface area contributed by atoms with Gasteiger partial charge < -0.3 is 15.8 Å². The molecule has 0 amide bonds. The van der Waals surface area contributed by atoms with Crippen LogP contribution in [0.3, 0.4) is 0 Å². The lowest BCUT2D eigenvalue weighted by Gasteiger charge is -2.20. The lowest BCUT2D eigenvalue weighted by atomic mass is 9.96. The molecule has 0 bridgehead atoms. The first kappa shape index (κ1) is 14.9. The third-order valence-electron chi connectivity index (χ3n) is 4.10. The summed E-state index contributed by atoms with van der Waals surface area (Å²) in [7, 11) is 1.83. The quantitative estimate of drug-likeness (QED) is 0.610. The molecule has 3 heteroatoms. The molecule has 0 radical (unpaired) electrons. The Bertz CT molecular complexity index is 187. The molecule has 0 heterocycles. The number of nitrogens with one attached hydrogen (secondary N) is 1. The zero-order valence-corrected chi connectivity index (χ0v) is 11.6. The Hall–Kier alpha value is -0.120. The van der Waals surface area contributed by atoms with Gasteiger partial charge in [0, 0.05) is 13.2 Å². The SMILES string of the molecule is CCC(CCN)CCCNC1CCCC1OC. The number of rotatable bonds is 9. The molecule has 0 aliphatic heterocycles. The van der Waals surface area contributed by atoms with Gasteiger partial charge in [0.2, 0.25) is 0 Å². The van der Waals surface area contributed by atoms with E-state index in [1.807, 2.05) is 7.11 Å². The van der Waals surface area contributed by atoms with Crippen molar-refractivity contribution in [2.75, 3.05) is 20.2 Å². The van der Waals surface area contributed by atoms with E-state index in [0.717, 1.165) is 19.0 Å². The average Bonchev–Trinajstić information content (AvgIpc) is 2.80. The smallest absolute Gasteiger partial charge is 0.0724 e. The minimum Gasteiger partial charge on any atom is -0.380 e. The van der Waals surface area contributed by atoms with Crippen LogP contribution in [0.4, 0.5) is 0 Å². The molecule has 1 aliphatic carbocycles. The molecular formula is C14H30N2O. The first-order valence-electron chi connectivity index (χ1n) is 7.28. The van der Waals surface area contributed by atoms with Crippen molar-refractivity contribution in [3.63, 3.8) is 0 Å². The largest absolute Gasteiger partial charge is 0.380 e. The molecule has 17 heavy (non-hydrogen) atoms. The first-order chi connectivity index (χ1) is 8.31. The molecule has 102 valence electrons. The molecule has 3 atom stereocenters. The Morgan fingerprint density at radius 2 is 2.18 bits per heavy atom. The normalized spacial score (nSPS) is 26.3. The van der Waals surface area contributed by atoms with E-state index in [1.165, 1.54) is 44.9 Å². The molecule has 3 nitrogen and oxygen atoms in total. The van der Waals surface area contributed by atoms with Gasteiger partial charge in [-0.25, -0.2) is 0 Å². The Labute approximate surface area is 106 Å². The molecule has 0 aromatic carbocycles. The van der Waals surface area contributed by atoms with Gasteiger partial charge in [-0.3, -0.25) is 0 Å². The lowest BCUT2D eigenvalue weighted by molar-refractivity contribution is 0.0850. The summed E-state index contributed by atoms with van der Waals surface area (Å²) in [6.45, 7) is 4.23. The van der Waals surface area contributed by atoms with E-state index in [9.17, 15) is 0 Å². The van der Waals surface area contributed by atoms with Gasteiger partial charge in [0.05, 0.1) is 6.10 Å². The van der Waals surface area contributed by atoms with E-state index >= 15 is 0 Å². The van der Waals surface area contributed by atoms with Crippen molar-refractivity contribution >= 4 is 0 Å². The van der Waals surface area contributed by atoms with E-state index in [-0.39, 0.29) is 0 Å². The van der Waals surface area contributed by atoms with Crippen LogP contribution < -0.4 is 11.1 Å². The second kappa shape index (κ2) is 8.90. The predicted octanol–water partition coefficient (Wildman–Crippen LogP) is 2.30. The summed E-state index contributed by atoms with van der Waals surface area (Å²) in [6.07, 6.45) is 9.28. The van der Waals surface area contributed by atoms with Crippen LogP contribution in [0.15, 0.2) is 0 Å². The maximum atomic E-state index is 5.61. The van der Waals surface area contributed by atoms with Crippen molar-refractivity contribution in [1.29, 1.82) is 0 Å². The molecule has 0 aromatic rings. The number of nitrogens with two attached hydrogens (primary N) is 1. The molecular weight excluding hydrogens is 212 g/mol. The Morgan fingerprint density at radius 1 is 1.35 bits per heavy atom. The second-order valence-electron chi connectivity index (χ2n) is 5.26. The highest BCUT2D eigenvalue weighted by Gasteiger charge is 2.26. The maximum absolute atomic E-state index is 5.61. The number of methoxy groups -OCH3 is 1. The van der Waals surface area contributed by atoms with E-state index in [1.54, 1.807) is 0 Å². The Kier molecular flexibility index (Phi) is 7.82. The molecule has 0 aromatic heterocycles. The minimum absolute atomic E-state index is 0.445. The highest BCUT2D eigenvalue weighted by molar-refractivity contribution is 4.83. The summed E-state index contributed by atoms with van der Waals surface area (Å²) in [5.41, 5.74) is 5.61. The third kappa shape index (κ3) is 5.36. The second-order valence-corrected chi connectivity index (χ2v) is 5.26. The average molecular weight is 242 g/mol. The predicted molar refractivity (Wildman–Crippen MR) is 73.1 cm³/mol. The third-order valence-corrected chi connectivity index (χ3v) is 4.10. The summed E-state index contributed by atoms with van der Waals surface area (Å²) in [5, 5.41) is 3.65. The van der Waals surface area contributed by atoms with E-state index in [0.29, 0.717) is 12.1 Å². The van der Waals surface area contributed by atoms with Crippen molar-refractivity contribution in [3.8, 4) is 0 Å². The molecule has 0 spiro atoms. The van der Waals surface area contributed by atoms with Crippen LogP contribution >= 0.6 is 0 Å². The van der Waals surface area contributed by atoms with Crippen molar-refractivity contribution < 1.29 is 4.74 Å². The molecule has 1 aliphatic rings. The summed E-state index contributed by atoms with van der Waals surface area (Å²) >= 11 is 0. The van der Waals surface area contributed by atoms with Gasteiger partial charge in [0.1, 0.15) is 0 Å². The molecule has 1 rings (SSSR count). The highest BCUT2D eigenvalue weighted by Crippen LogP contribution is 2.21. The van der Waals surface area contributed by atoms with Gasteiger partial charge >= 0.3 is 0 Å². The fourth-order valence-electron chi connectivity index (χ4n) is 2.91. The van der Waals surface area contributed by atoms with Crippen molar-refractivity contribution in [1.82, 2.24) is 5.32 Å². The van der Waals surface area contributed by atoms with E-state index in [4.69, 9.17) is 10.5 Å². The number of hydrogen-bond acceptors (Lipinski definition) is 3. The minimum atomic E-state index is 0.445. The van der Waals surface area contributed by atoms with Crippen molar-refractivity contribution in [2.24, 2.45) is 11.7 Å². The molecule has 1 fully saturated rings. The van der Waals surface area contributed by atoms with Crippen LogP contribution in [0.1, 0.15) is 51.9 Å². The molecule has 0 saturated heterocycles. The topological polar surface area (TPSA) is 47.3 Å². The Balaban J connectivity index is 2.06. The van der Waals surface area contributed by atoms with Crippen LogP contribution in [-0.4, -0.2) is 32.3 Å². The number of hydrogen-bond donors (Lipinski definition) is 2. The fraction of sp³-hybridized carbons (Fsp3) is 1.00. The Morgan fingerprint density at radius 3 is 2.82 bits per heavy atom. The van der Waals surface area contributed by atoms with Gasteiger partial charge in [0.25, 0.3) is 0 Å². The van der Waals surface area contributed by atoms with Crippen molar-refractivity contribution in [2.45, 2.75) is 64.0 Å². The van der Waals surface area contributed by atoms with Crippen LogP contribution in [0.2, 0.25) is 0 Å². The van der Waals surface area contributed by atoms with Crippen LogP contribution in [0, 0.1) is 5.92 Å². The van der Waals surface area contributed by atoms with Crippen LogP contribution in [0.5, 0.6) is 0 Å². The van der Waals surface area contributed by atoms with Gasteiger partial charge in [0.15, 0.2) is 0 Å². The number of ether oxygens (including phenoxy) is 1. The molecule has 3 N–H and O–H groups in total. The van der Waals surface area contributed by atoms with Gasteiger partial charge in [-0.2, -0.15) is 0 Å². The van der Waals surface area contributed by atoms with E-state index < -0.39 is 0 Å². The van der Waals surface area contributed by atoms with Gasteiger partial charge in [-0.15, -0.1) is 0 Å². The van der Waals surface area contributed by atoms with Crippen molar-refractivity contribution in [3.05, 3.63) is 0 Å². The lowest BCUT2D eigenvalue weighted by Crippen LogP contribution is -2.37. The molecule has 3 unspecified atom stereocenters. The maximum Gasteiger partial charge on any atom is 0.0724 e. The van der Waals surface area contributed by atoms with E-state index in [2.05, 4.69) is 12.2 Å². The van der Waals surface area contributed by atoms with Gasteiger partial charge in [-0.1, -0.05) is 13.3 Å². The van der Waals surface area contributed by atoms with Crippen LogP contribution in [-0.2, 0) is 4.74 Å². The molecule has 1 saturated carbocycles. The van der Waals surface area contributed by atoms with Crippen LogP contribution in [0.25, 0.3) is 0 Å². The summed E-state index contributed by atoms with van der Waals surface area (Å²) < 4.78 is 5.48. The standard InChI is InChI=1S/C14H30N2O/c1-3-12(9-10-15)6-5-11-16-13-7-4-8-14(13)17-2/h12-14,16H,3-11,15H2,1-2H3. The summed E-state index contributed by atoms with van der Waals surface area (Å²) in [6, 6.07) is 0.592.